The van der Waals surface area contributed by atoms with E-state index in [1.807, 2.05) is 0 Å². The van der Waals surface area contributed by atoms with E-state index in [1.54, 1.807) is 6.07 Å². The van der Waals surface area contributed by atoms with Crippen molar-refractivity contribution in [3.63, 3.8) is 0 Å². The molecule has 6 heteroatoms. The van der Waals surface area contributed by atoms with E-state index in [2.05, 4.69) is 5.32 Å². The number of aromatic nitrogens is 1. The third-order valence-electron chi connectivity index (χ3n) is 2.55. The molecule has 2 atom stereocenters. The van der Waals surface area contributed by atoms with Crippen LogP contribution in [0.4, 0.5) is 8.78 Å². The standard InChI is InChI=1S/C10H13F2N3O/c11-9(12)5-15-3-1-2-8(15)10(16)14-7-4-6(7)13/h1-3,6-7,9H,4-5,13H2,(H,14,16). The van der Waals surface area contributed by atoms with Crippen molar-refractivity contribution in [3.05, 3.63) is 24.0 Å². The fourth-order valence-corrected chi connectivity index (χ4v) is 1.55. The van der Waals surface area contributed by atoms with E-state index in [0.717, 1.165) is 6.42 Å². The fraction of sp³-hybridized carbons (Fsp3) is 0.500. The Hall–Kier alpha value is -1.43. The van der Waals surface area contributed by atoms with Crippen LogP contribution in [0, 0.1) is 0 Å². The Morgan fingerprint density at radius 1 is 1.69 bits per heavy atom. The molecular weight excluding hydrogens is 216 g/mol. The summed E-state index contributed by atoms with van der Waals surface area (Å²) in [4.78, 5) is 11.7. The number of alkyl halides is 2. The van der Waals surface area contributed by atoms with Gasteiger partial charge in [-0.2, -0.15) is 0 Å². The van der Waals surface area contributed by atoms with Crippen LogP contribution < -0.4 is 11.1 Å². The topological polar surface area (TPSA) is 60.0 Å². The molecule has 1 aliphatic rings. The Kier molecular flexibility index (Phi) is 2.91. The highest BCUT2D eigenvalue weighted by Crippen LogP contribution is 2.18. The lowest BCUT2D eigenvalue weighted by atomic mass is 10.4. The van der Waals surface area contributed by atoms with Gasteiger partial charge in [-0.05, 0) is 18.6 Å². The largest absolute Gasteiger partial charge is 0.346 e. The summed E-state index contributed by atoms with van der Waals surface area (Å²) in [6.07, 6.45) is -0.253. The summed E-state index contributed by atoms with van der Waals surface area (Å²) >= 11 is 0. The van der Waals surface area contributed by atoms with E-state index in [0.29, 0.717) is 0 Å². The van der Waals surface area contributed by atoms with Crippen LogP contribution in [0.5, 0.6) is 0 Å². The van der Waals surface area contributed by atoms with Gasteiger partial charge in [0.05, 0.1) is 6.54 Å². The molecular formula is C10H13F2N3O. The zero-order valence-corrected chi connectivity index (χ0v) is 8.57. The van der Waals surface area contributed by atoms with Crippen LogP contribution in [0.1, 0.15) is 16.9 Å². The van der Waals surface area contributed by atoms with Crippen molar-refractivity contribution in [2.75, 3.05) is 0 Å². The molecule has 0 aliphatic heterocycles. The molecule has 0 aromatic carbocycles. The van der Waals surface area contributed by atoms with Crippen molar-refractivity contribution in [1.82, 2.24) is 9.88 Å². The second-order valence-corrected chi connectivity index (χ2v) is 3.92. The quantitative estimate of drug-likeness (QED) is 0.793. The van der Waals surface area contributed by atoms with Crippen LogP contribution >= 0.6 is 0 Å². The first-order chi connectivity index (χ1) is 7.58. The SMILES string of the molecule is NC1CC1NC(=O)c1cccn1CC(F)F. The average Bonchev–Trinajstić information content (AvgIpc) is 2.72. The summed E-state index contributed by atoms with van der Waals surface area (Å²) in [5.41, 5.74) is 5.79. The lowest BCUT2D eigenvalue weighted by molar-refractivity contribution is 0.0927. The minimum Gasteiger partial charge on any atom is -0.346 e. The Balaban J connectivity index is 2.01. The van der Waals surface area contributed by atoms with Crippen LogP contribution in [-0.4, -0.2) is 29.0 Å². The minimum absolute atomic E-state index is 0.00228. The van der Waals surface area contributed by atoms with E-state index < -0.39 is 13.0 Å². The molecule has 3 N–H and O–H groups in total. The smallest absolute Gasteiger partial charge is 0.268 e. The molecule has 1 heterocycles. The van der Waals surface area contributed by atoms with Crippen molar-refractivity contribution in [2.45, 2.75) is 31.5 Å². The summed E-state index contributed by atoms with van der Waals surface area (Å²) < 4.78 is 25.7. The van der Waals surface area contributed by atoms with Crippen LogP contribution in [0.3, 0.4) is 0 Å². The number of nitrogens with two attached hydrogens (primary N) is 1. The number of amides is 1. The Labute approximate surface area is 91.4 Å². The molecule has 0 spiro atoms. The minimum atomic E-state index is -2.47. The summed E-state index contributed by atoms with van der Waals surface area (Å²) in [7, 11) is 0. The van der Waals surface area contributed by atoms with Crippen LogP contribution in [-0.2, 0) is 6.54 Å². The highest BCUT2D eigenvalue weighted by molar-refractivity contribution is 5.93. The number of hydrogen-bond donors (Lipinski definition) is 2. The van der Waals surface area contributed by atoms with Gasteiger partial charge in [0.2, 0.25) is 0 Å². The van der Waals surface area contributed by atoms with Crippen molar-refractivity contribution >= 4 is 5.91 Å². The fourth-order valence-electron chi connectivity index (χ4n) is 1.55. The molecule has 2 unspecified atom stereocenters. The zero-order chi connectivity index (χ0) is 11.7. The maximum Gasteiger partial charge on any atom is 0.268 e. The number of hydrogen-bond acceptors (Lipinski definition) is 2. The first kappa shape index (κ1) is 11.1. The summed E-state index contributed by atoms with van der Waals surface area (Å²) in [6, 6.07) is 3.08. The number of carbonyl (C=O) groups is 1. The molecule has 1 aromatic rings. The van der Waals surface area contributed by atoms with Gasteiger partial charge in [-0.3, -0.25) is 4.79 Å². The zero-order valence-electron chi connectivity index (χ0n) is 8.57. The average molecular weight is 229 g/mol. The first-order valence-electron chi connectivity index (χ1n) is 5.07. The van der Waals surface area contributed by atoms with E-state index in [1.165, 1.54) is 16.8 Å². The number of halogens is 2. The van der Waals surface area contributed by atoms with Crippen LogP contribution in [0.15, 0.2) is 18.3 Å². The lowest BCUT2D eigenvalue weighted by Crippen LogP contribution is -2.31. The summed E-state index contributed by atoms with van der Waals surface area (Å²) in [6.45, 7) is -0.466. The highest BCUT2D eigenvalue weighted by Gasteiger charge is 2.35. The van der Waals surface area contributed by atoms with Crippen LogP contribution in [0.2, 0.25) is 0 Å². The summed E-state index contributed by atoms with van der Waals surface area (Å²) in [5, 5.41) is 2.69. The van der Waals surface area contributed by atoms with Gasteiger partial charge in [0, 0.05) is 18.3 Å². The number of carbonyl (C=O) groups excluding carboxylic acids is 1. The van der Waals surface area contributed by atoms with E-state index in [-0.39, 0.29) is 23.7 Å². The third kappa shape index (κ3) is 2.38. The maximum absolute atomic E-state index is 12.2. The normalized spacial score (nSPS) is 23.5. The molecule has 1 aromatic heterocycles. The predicted octanol–water partition coefficient (Wildman–Crippen LogP) is 0.583. The number of rotatable bonds is 4. The molecule has 1 fully saturated rings. The van der Waals surface area contributed by atoms with Crippen molar-refractivity contribution in [2.24, 2.45) is 5.73 Å². The second-order valence-electron chi connectivity index (χ2n) is 3.92. The molecule has 88 valence electrons. The van der Waals surface area contributed by atoms with E-state index >= 15 is 0 Å². The van der Waals surface area contributed by atoms with Gasteiger partial charge in [-0.1, -0.05) is 0 Å². The van der Waals surface area contributed by atoms with Gasteiger partial charge < -0.3 is 15.6 Å². The Morgan fingerprint density at radius 3 is 2.94 bits per heavy atom. The number of nitrogens with zero attached hydrogens (tertiary/aromatic N) is 1. The molecule has 0 radical (unpaired) electrons. The first-order valence-corrected chi connectivity index (χ1v) is 5.07. The lowest BCUT2D eigenvalue weighted by Gasteiger charge is -2.08. The van der Waals surface area contributed by atoms with Crippen molar-refractivity contribution < 1.29 is 13.6 Å². The second kappa shape index (κ2) is 4.21. The monoisotopic (exact) mass is 229 g/mol. The van der Waals surface area contributed by atoms with Gasteiger partial charge >= 0.3 is 0 Å². The van der Waals surface area contributed by atoms with Gasteiger partial charge in [0.1, 0.15) is 5.69 Å². The molecule has 1 amide bonds. The van der Waals surface area contributed by atoms with Gasteiger partial charge in [0.25, 0.3) is 12.3 Å². The van der Waals surface area contributed by atoms with Gasteiger partial charge in [-0.15, -0.1) is 0 Å². The van der Waals surface area contributed by atoms with E-state index in [9.17, 15) is 13.6 Å². The van der Waals surface area contributed by atoms with Gasteiger partial charge in [0.15, 0.2) is 0 Å². The van der Waals surface area contributed by atoms with Crippen molar-refractivity contribution in [3.8, 4) is 0 Å². The molecule has 1 saturated carbocycles. The molecule has 2 rings (SSSR count). The van der Waals surface area contributed by atoms with Crippen molar-refractivity contribution in [1.29, 1.82) is 0 Å². The van der Waals surface area contributed by atoms with Crippen LogP contribution in [0.25, 0.3) is 0 Å². The van der Waals surface area contributed by atoms with Gasteiger partial charge in [-0.25, -0.2) is 8.78 Å². The number of nitrogens with one attached hydrogen (secondary N) is 1. The molecule has 0 saturated heterocycles. The third-order valence-corrected chi connectivity index (χ3v) is 2.55. The highest BCUT2D eigenvalue weighted by atomic mass is 19.3. The predicted molar refractivity (Wildman–Crippen MR) is 54.3 cm³/mol. The Bertz CT molecular complexity index is 391. The molecule has 16 heavy (non-hydrogen) atoms. The summed E-state index contributed by atoms with van der Waals surface area (Å²) in [5.74, 6) is -0.344. The maximum atomic E-state index is 12.2. The molecule has 4 nitrogen and oxygen atoms in total. The van der Waals surface area contributed by atoms with E-state index in [4.69, 9.17) is 5.73 Å². The molecule has 1 aliphatic carbocycles. The Morgan fingerprint density at radius 2 is 2.38 bits per heavy atom. The molecule has 0 bridgehead atoms.